The van der Waals surface area contributed by atoms with E-state index in [1.165, 1.54) is 0 Å². The first kappa shape index (κ1) is 14.3. The average Bonchev–Trinajstić information content (AvgIpc) is 2.39. The Balaban J connectivity index is 2.40. The molecular weight excluding hydrogens is 254 g/mol. The molecule has 0 atom stereocenters. The van der Waals surface area contributed by atoms with Crippen molar-refractivity contribution in [1.29, 1.82) is 0 Å². The second-order valence-electron chi connectivity index (χ2n) is 5.18. The van der Waals surface area contributed by atoms with Crippen molar-refractivity contribution in [2.75, 3.05) is 6.61 Å². The van der Waals surface area contributed by atoms with Crippen LogP contribution in [-0.2, 0) is 5.54 Å². The Morgan fingerprint density at radius 2 is 1.95 bits per heavy atom. The van der Waals surface area contributed by atoms with Crippen LogP contribution >= 0.6 is 0 Å². The molecule has 0 amide bonds. The molecule has 20 heavy (non-hydrogen) atoms. The zero-order chi connectivity index (χ0) is 14.8. The van der Waals surface area contributed by atoms with Gasteiger partial charge in [-0.2, -0.15) is 5.10 Å². The van der Waals surface area contributed by atoms with E-state index in [2.05, 4.69) is 10.2 Å². The van der Waals surface area contributed by atoms with Gasteiger partial charge in [0.15, 0.2) is 0 Å². The number of nitrogens with two attached hydrogens (primary N) is 1. The molecule has 0 radical (unpaired) electrons. The minimum atomic E-state index is -0.712. The lowest BCUT2D eigenvalue weighted by molar-refractivity contribution is 0.340. The standard InChI is InChI=1S/C15H19N3O2/c1-4-20-11-7-5-10(6-8-11)13-9-12(15(2,3)16)14(19)18-17-13/h5-9H,4,16H2,1-3H3,(H,18,19). The summed E-state index contributed by atoms with van der Waals surface area (Å²) in [5.41, 5.74) is 7.12. The highest BCUT2D eigenvalue weighted by Crippen LogP contribution is 2.22. The van der Waals surface area contributed by atoms with Crippen LogP contribution in [0.1, 0.15) is 26.3 Å². The molecule has 0 aliphatic carbocycles. The van der Waals surface area contributed by atoms with Crippen LogP contribution < -0.4 is 16.0 Å². The van der Waals surface area contributed by atoms with Gasteiger partial charge in [0.25, 0.3) is 5.56 Å². The van der Waals surface area contributed by atoms with Gasteiger partial charge in [-0.05, 0) is 51.1 Å². The molecule has 0 fully saturated rings. The molecule has 0 aliphatic heterocycles. The summed E-state index contributed by atoms with van der Waals surface area (Å²) in [5.74, 6) is 0.806. The smallest absolute Gasteiger partial charge is 0.269 e. The van der Waals surface area contributed by atoms with Crippen LogP contribution in [0.15, 0.2) is 35.1 Å². The number of hydrogen-bond acceptors (Lipinski definition) is 4. The Hall–Kier alpha value is -2.14. The van der Waals surface area contributed by atoms with E-state index in [4.69, 9.17) is 10.5 Å². The van der Waals surface area contributed by atoms with E-state index in [9.17, 15) is 4.79 Å². The largest absolute Gasteiger partial charge is 0.494 e. The van der Waals surface area contributed by atoms with E-state index in [1.54, 1.807) is 19.9 Å². The van der Waals surface area contributed by atoms with E-state index in [1.807, 2.05) is 31.2 Å². The summed E-state index contributed by atoms with van der Waals surface area (Å²) in [7, 11) is 0. The van der Waals surface area contributed by atoms with Crippen molar-refractivity contribution in [3.8, 4) is 17.0 Å². The van der Waals surface area contributed by atoms with Crippen LogP contribution in [0.2, 0.25) is 0 Å². The number of benzene rings is 1. The quantitative estimate of drug-likeness (QED) is 0.893. The Bertz CT molecular complexity index is 639. The van der Waals surface area contributed by atoms with Crippen LogP contribution in [0.3, 0.4) is 0 Å². The molecule has 5 nitrogen and oxygen atoms in total. The number of nitrogens with one attached hydrogen (secondary N) is 1. The van der Waals surface area contributed by atoms with Crippen molar-refractivity contribution in [2.24, 2.45) is 5.73 Å². The minimum Gasteiger partial charge on any atom is -0.494 e. The van der Waals surface area contributed by atoms with E-state index >= 15 is 0 Å². The summed E-state index contributed by atoms with van der Waals surface area (Å²) < 4.78 is 5.40. The molecule has 0 unspecified atom stereocenters. The van der Waals surface area contributed by atoms with Gasteiger partial charge in [-0.3, -0.25) is 4.79 Å². The van der Waals surface area contributed by atoms with E-state index < -0.39 is 5.54 Å². The van der Waals surface area contributed by atoms with Crippen molar-refractivity contribution in [1.82, 2.24) is 10.2 Å². The van der Waals surface area contributed by atoms with Gasteiger partial charge in [0, 0.05) is 16.7 Å². The molecule has 1 heterocycles. The van der Waals surface area contributed by atoms with Crippen molar-refractivity contribution in [3.05, 3.63) is 46.2 Å². The van der Waals surface area contributed by atoms with E-state index in [0.29, 0.717) is 17.9 Å². The van der Waals surface area contributed by atoms with Gasteiger partial charge in [-0.15, -0.1) is 0 Å². The molecule has 1 aromatic heterocycles. The number of nitrogens with zero attached hydrogens (tertiary/aromatic N) is 1. The van der Waals surface area contributed by atoms with Crippen LogP contribution in [0.4, 0.5) is 0 Å². The van der Waals surface area contributed by atoms with Gasteiger partial charge < -0.3 is 10.5 Å². The summed E-state index contributed by atoms with van der Waals surface area (Å²) in [5, 5.41) is 6.56. The van der Waals surface area contributed by atoms with Crippen LogP contribution in [-0.4, -0.2) is 16.8 Å². The first-order valence-electron chi connectivity index (χ1n) is 6.54. The number of aromatic amines is 1. The topological polar surface area (TPSA) is 81.0 Å². The molecule has 3 N–H and O–H groups in total. The fraction of sp³-hybridized carbons (Fsp3) is 0.333. The molecule has 0 bridgehead atoms. The molecule has 0 aliphatic rings. The molecule has 0 saturated carbocycles. The number of rotatable bonds is 4. The fourth-order valence-electron chi connectivity index (χ4n) is 1.92. The molecule has 1 aromatic carbocycles. The third-order valence-corrected chi connectivity index (χ3v) is 2.96. The number of H-pyrrole nitrogens is 1. The number of hydrogen-bond donors (Lipinski definition) is 2. The third-order valence-electron chi connectivity index (χ3n) is 2.96. The average molecular weight is 273 g/mol. The molecule has 106 valence electrons. The molecule has 0 saturated heterocycles. The van der Waals surface area contributed by atoms with Gasteiger partial charge in [0.1, 0.15) is 5.75 Å². The maximum Gasteiger partial charge on any atom is 0.269 e. The van der Waals surface area contributed by atoms with Crippen molar-refractivity contribution in [2.45, 2.75) is 26.3 Å². The van der Waals surface area contributed by atoms with Crippen molar-refractivity contribution >= 4 is 0 Å². The predicted molar refractivity (Wildman–Crippen MR) is 78.7 cm³/mol. The second-order valence-corrected chi connectivity index (χ2v) is 5.18. The van der Waals surface area contributed by atoms with Gasteiger partial charge in [0.05, 0.1) is 12.3 Å². The summed E-state index contributed by atoms with van der Waals surface area (Å²) >= 11 is 0. The number of aromatic nitrogens is 2. The fourth-order valence-corrected chi connectivity index (χ4v) is 1.92. The van der Waals surface area contributed by atoms with Gasteiger partial charge in [-0.1, -0.05) is 0 Å². The lowest BCUT2D eigenvalue weighted by Crippen LogP contribution is -2.35. The predicted octanol–water partition coefficient (Wildman–Crippen LogP) is 2.03. The minimum absolute atomic E-state index is 0.257. The van der Waals surface area contributed by atoms with Crippen LogP contribution in [0.5, 0.6) is 5.75 Å². The normalized spacial score (nSPS) is 11.4. The SMILES string of the molecule is CCOc1ccc(-c2cc(C(C)(C)N)c(=O)[nH]n2)cc1. The van der Waals surface area contributed by atoms with Crippen LogP contribution in [0, 0.1) is 0 Å². The molecule has 2 aromatic rings. The van der Waals surface area contributed by atoms with E-state index in [0.717, 1.165) is 11.3 Å². The summed E-state index contributed by atoms with van der Waals surface area (Å²) in [4.78, 5) is 11.8. The highest BCUT2D eigenvalue weighted by Gasteiger charge is 2.19. The van der Waals surface area contributed by atoms with Gasteiger partial charge >= 0.3 is 0 Å². The summed E-state index contributed by atoms with van der Waals surface area (Å²) in [6.45, 7) is 6.15. The lowest BCUT2D eigenvalue weighted by atomic mass is 9.96. The van der Waals surface area contributed by atoms with Crippen molar-refractivity contribution in [3.63, 3.8) is 0 Å². The lowest BCUT2D eigenvalue weighted by Gasteiger charge is -2.18. The third kappa shape index (κ3) is 3.05. The zero-order valence-corrected chi connectivity index (χ0v) is 11.9. The maximum atomic E-state index is 11.8. The van der Waals surface area contributed by atoms with E-state index in [-0.39, 0.29) is 5.56 Å². The summed E-state index contributed by atoms with van der Waals surface area (Å²) in [6, 6.07) is 9.28. The Morgan fingerprint density at radius 3 is 2.50 bits per heavy atom. The Labute approximate surface area is 117 Å². The first-order chi connectivity index (χ1) is 9.41. The van der Waals surface area contributed by atoms with Gasteiger partial charge in [-0.25, -0.2) is 5.10 Å². The Morgan fingerprint density at radius 1 is 1.30 bits per heavy atom. The molecular formula is C15H19N3O2. The van der Waals surface area contributed by atoms with Crippen molar-refractivity contribution < 1.29 is 4.74 Å². The maximum absolute atomic E-state index is 11.8. The highest BCUT2D eigenvalue weighted by molar-refractivity contribution is 5.60. The Kier molecular flexibility index (Phi) is 3.90. The highest BCUT2D eigenvalue weighted by atomic mass is 16.5. The monoisotopic (exact) mass is 273 g/mol. The van der Waals surface area contributed by atoms with Gasteiger partial charge in [0.2, 0.25) is 0 Å². The molecule has 0 spiro atoms. The number of ether oxygens (including phenoxy) is 1. The molecule has 2 rings (SSSR count). The zero-order valence-electron chi connectivity index (χ0n) is 11.9. The summed E-state index contributed by atoms with van der Waals surface area (Å²) in [6.07, 6.45) is 0. The molecule has 5 heteroatoms. The van der Waals surface area contributed by atoms with Crippen LogP contribution in [0.25, 0.3) is 11.3 Å². The second kappa shape index (κ2) is 5.46. The first-order valence-corrected chi connectivity index (χ1v) is 6.54.